The van der Waals surface area contributed by atoms with E-state index in [0.29, 0.717) is 5.78 Å². The average Bonchev–Trinajstić information content (AvgIpc) is 2.59. The summed E-state index contributed by atoms with van der Waals surface area (Å²) in [6, 6.07) is 1.99. The van der Waals surface area contributed by atoms with Crippen molar-refractivity contribution in [3.8, 4) is 0 Å². The molecule has 3 heteroatoms. The highest BCUT2D eigenvalue weighted by Gasteiger charge is 2.26. The fourth-order valence-electron chi connectivity index (χ4n) is 2.30. The molecule has 0 unspecified atom stereocenters. The predicted octanol–water partition coefficient (Wildman–Crippen LogP) is 4.83. The standard InChI is InChI=1S/C13H17BrOS/c1-8-3-5-10(6-4-8)13(15)12-7-11(14)9(2)16-12/h7-8,10H,3-6H2,1-2H3. The van der Waals surface area contributed by atoms with E-state index in [9.17, 15) is 4.79 Å². The number of thiophene rings is 1. The summed E-state index contributed by atoms with van der Waals surface area (Å²) in [5, 5.41) is 0. The second-order valence-corrected chi connectivity index (χ2v) is 6.95. The van der Waals surface area contributed by atoms with Crippen LogP contribution in [0.25, 0.3) is 0 Å². The molecule has 1 aliphatic carbocycles. The number of carbonyl (C=O) groups is 1. The molecule has 0 bridgehead atoms. The van der Waals surface area contributed by atoms with Gasteiger partial charge in [-0.15, -0.1) is 11.3 Å². The number of aryl methyl sites for hydroxylation is 1. The van der Waals surface area contributed by atoms with Crippen molar-refractivity contribution in [3.05, 3.63) is 20.3 Å². The van der Waals surface area contributed by atoms with Gasteiger partial charge in [-0.1, -0.05) is 19.8 Å². The molecule has 0 aliphatic heterocycles. The third-order valence-corrected chi connectivity index (χ3v) is 5.64. The first kappa shape index (κ1) is 12.3. The molecule has 0 spiro atoms. The molecule has 0 aromatic carbocycles. The lowest BCUT2D eigenvalue weighted by Gasteiger charge is -2.24. The van der Waals surface area contributed by atoms with E-state index < -0.39 is 0 Å². The lowest BCUT2D eigenvalue weighted by atomic mass is 9.80. The maximum absolute atomic E-state index is 12.3. The highest BCUT2D eigenvalue weighted by atomic mass is 79.9. The Morgan fingerprint density at radius 3 is 2.50 bits per heavy atom. The van der Waals surface area contributed by atoms with Gasteiger partial charge in [0.15, 0.2) is 5.78 Å². The van der Waals surface area contributed by atoms with E-state index in [0.717, 1.165) is 28.1 Å². The molecule has 0 atom stereocenters. The summed E-state index contributed by atoms with van der Waals surface area (Å²) in [6.45, 7) is 4.33. The van der Waals surface area contributed by atoms with E-state index in [1.54, 1.807) is 11.3 Å². The van der Waals surface area contributed by atoms with Crippen molar-refractivity contribution < 1.29 is 4.79 Å². The van der Waals surface area contributed by atoms with Gasteiger partial charge in [-0.3, -0.25) is 4.79 Å². The van der Waals surface area contributed by atoms with Crippen LogP contribution in [-0.2, 0) is 0 Å². The van der Waals surface area contributed by atoms with Crippen molar-refractivity contribution in [3.63, 3.8) is 0 Å². The minimum absolute atomic E-state index is 0.279. The van der Waals surface area contributed by atoms with E-state index in [1.807, 2.05) is 6.07 Å². The van der Waals surface area contributed by atoms with Crippen molar-refractivity contribution in [1.29, 1.82) is 0 Å². The first-order valence-corrected chi connectivity index (χ1v) is 7.49. The SMILES string of the molecule is Cc1sc(C(=O)C2CCC(C)CC2)cc1Br. The van der Waals surface area contributed by atoms with Crippen molar-refractivity contribution in [2.75, 3.05) is 0 Å². The third kappa shape index (κ3) is 2.57. The Kier molecular flexibility index (Phi) is 3.85. The zero-order valence-corrected chi connectivity index (χ0v) is 12.2. The van der Waals surface area contributed by atoms with E-state index in [4.69, 9.17) is 0 Å². The molecule has 1 aromatic rings. The maximum Gasteiger partial charge on any atom is 0.175 e. The zero-order valence-electron chi connectivity index (χ0n) is 9.75. The van der Waals surface area contributed by atoms with Gasteiger partial charge in [-0.25, -0.2) is 0 Å². The third-order valence-electron chi connectivity index (χ3n) is 3.49. The van der Waals surface area contributed by atoms with Gasteiger partial charge in [0, 0.05) is 15.3 Å². The minimum atomic E-state index is 0.279. The Bertz CT molecular complexity index is 369. The number of carbonyl (C=O) groups excluding carboxylic acids is 1. The van der Waals surface area contributed by atoms with Crippen molar-refractivity contribution in [2.45, 2.75) is 39.5 Å². The van der Waals surface area contributed by atoms with E-state index in [1.165, 1.54) is 17.7 Å². The number of Topliss-reactive ketones (excluding diaryl/α,β-unsaturated/α-hetero) is 1. The van der Waals surface area contributed by atoms with Crippen LogP contribution in [-0.4, -0.2) is 5.78 Å². The Balaban J connectivity index is 2.07. The number of ketones is 1. The fourth-order valence-corrected chi connectivity index (χ4v) is 3.86. The smallest absolute Gasteiger partial charge is 0.175 e. The molecule has 1 nitrogen and oxygen atoms in total. The van der Waals surface area contributed by atoms with Crippen molar-refractivity contribution >= 4 is 33.0 Å². The lowest BCUT2D eigenvalue weighted by Crippen LogP contribution is -2.20. The van der Waals surface area contributed by atoms with Crippen LogP contribution < -0.4 is 0 Å². The van der Waals surface area contributed by atoms with Crippen LogP contribution in [0.2, 0.25) is 0 Å². The lowest BCUT2D eigenvalue weighted by molar-refractivity contribution is 0.0880. The van der Waals surface area contributed by atoms with Gasteiger partial charge < -0.3 is 0 Å². The first-order chi connectivity index (χ1) is 7.58. The zero-order chi connectivity index (χ0) is 11.7. The Hall–Kier alpha value is -0.150. The van der Waals surface area contributed by atoms with Crippen LogP contribution in [0, 0.1) is 18.8 Å². The molecule has 88 valence electrons. The van der Waals surface area contributed by atoms with E-state index >= 15 is 0 Å². The van der Waals surface area contributed by atoms with Crippen LogP contribution in [0.15, 0.2) is 10.5 Å². The van der Waals surface area contributed by atoms with Crippen LogP contribution in [0.5, 0.6) is 0 Å². The molecular weight excluding hydrogens is 284 g/mol. The summed E-state index contributed by atoms with van der Waals surface area (Å²) >= 11 is 5.10. The number of hydrogen-bond donors (Lipinski definition) is 0. The monoisotopic (exact) mass is 300 g/mol. The minimum Gasteiger partial charge on any atom is -0.293 e. The molecule has 16 heavy (non-hydrogen) atoms. The molecule has 1 fully saturated rings. The van der Waals surface area contributed by atoms with Gasteiger partial charge in [0.05, 0.1) is 4.88 Å². The molecule has 1 aliphatic rings. The summed E-state index contributed by atoms with van der Waals surface area (Å²) in [7, 11) is 0. The second-order valence-electron chi connectivity index (χ2n) is 4.84. The molecule has 1 aromatic heterocycles. The molecule has 0 radical (unpaired) electrons. The van der Waals surface area contributed by atoms with Crippen molar-refractivity contribution in [1.82, 2.24) is 0 Å². The van der Waals surface area contributed by atoms with E-state index in [2.05, 4.69) is 29.8 Å². The average molecular weight is 301 g/mol. The molecule has 1 saturated carbocycles. The Morgan fingerprint density at radius 2 is 2.00 bits per heavy atom. The molecule has 0 saturated heterocycles. The highest BCUT2D eigenvalue weighted by Crippen LogP contribution is 2.34. The van der Waals surface area contributed by atoms with Crippen LogP contribution in [0.3, 0.4) is 0 Å². The first-order valence-electron chi connectivity index (χ1n) is 5.88. The quantitative estimate of drug-likeness (QED) is 0.715. The van der Waals surface area contributed by atoms with E-state index in [-0.39, 0.29) is 5.92 Å². The summed E-state index contributed by atoms with van der Waals surface area (Å²) in [5.74, 6) is 1.45. The molecule has 1 heterocycles. The maximum atomic E-state index is 12.3. The van der Waals surface area contributed by atoms with Crippen molar-refractivity contribution in [2.24, 2.45) is 11.8 Å². The Morgan fingerprint density at radius 1 is 1.38 bits per heavy atom. The Labute approximate surface area is 109 Å². The predicted molar refractivity (Wildman–Crippen MR) is 72.2 cm³/mol. The second kappa shape index (κ2) is 5.01. The number of halogens is 1. The molecule has 0 amide bonds. The molecule has 0 N–H and O–H groups in total. The number of hydrogen-bond acceptors (Lipinski definition) is 2. The van der Waals surface area contributed by atoms with Gasteiger partial charge >= 0.3 is 0 Å². The fraction of sp³-hybridized carbons (Fsp3) is 0.615. The van der Waals surface area contributed by atoms with Gasteiger partial charge in [0.25, 0.3) is 0 Å². The van der Waals surface area contributed by atoms with Gasteiger partial charge in [-0.05, 0) is 47.7 Å². The summed E-state index contributed by atoms with van der Waals surface area (Å²) in [5.41, 5.74) is 0. The largest absolute Gasteiger partial charge is 0.293 e. The molecule has 2 rings (SSSR count). The summed E-state index contributed by atoms with van der Waals surface area (Å²) in [6.07, 6.45) is 4.58. The summed E-state index contributed by atoms with van der Waals surface area (Å²) in [4.78, 5) is 14.4. The molecular formula is C13H17BrOS. The van der Waals surface area contributed by atoms with Gasteiger partial charge in [0.2, 0.25) is 0 Å². The van der Waals surface area contributed by atoms with Crippen LogP contribution in [0.4, 0.5) is 0 Å². The normalized spacial score (nSPS) is 25.7. The van der Waals surface area contributed by atoms with Gasteiger partial charge in [-0.2, -0.15) is 0 Å². The van der Waals surface area contributed by atoms with Crippen LogP contribution in [0.1, 0.15) is 47.2 Å². The van der Waals surface area contributed by atoms with Crippen LogP contribution >= 0.6 is 27.3 Å². The van der Waals surface area contributed by atoms with Gasteiger partial charge in [0.1, 0.15) is 0 Å². The summed E-state index contributed by atoms with van der Waals surface area (Å²) < 4.78 is 1.07. The topological polar surface area (TPSA) is 17.1 Å². The number of rotatable bonds is 2. The highest BCUT2D eigenvalue weighted by molar-refractivity contribution is 9.10.